The van der Waals surface area contributed by atoms with E-state index in [1.807, 2.05) is 0 Å². The summed E-state index contributed by atoms with van der Waals surface area (Å²) < 4.78 is 4.59. The van der Waals surface area contributed by atoms with E-state index in [1.54, 1.807) is 0 Å². The average Bonchev–Trinajstić information content (AvgIpc) is 3.16. The summed E-state index contributed by atoms with van der Waals surface area (Å²) in [5.74, 6) is 3.08. The molecule has 0 aliphatic carbocycles. The molecule has 0 spiro atoms. The highest BCUT2D eigenvalue weighted by atomic mass is 15.2. The molecule has 3 aromatic rings. The van der Waals surface area contributed by atoms with E-state index in [4.69, 9.17) is 0 Å². The molecule has 2 aromatic carbocycles. The molecule has 1 N–H and O–H groups in total. The van der Waals surface area contributed by atoms with Crippen molar-refractivity contribution in [2.75, 3.05) is 5.32 Å². The Labute approximate surface area is 201 Å². The molecule has 0 aliphatic rings. The Morgan fingerprint density at radius 3 is 1.42 bits per heavy atom. The number of anilines is 1. The summed E-state index contributed by atoms with van der Waals surface area (Å²) in [7, 11) is 0. The maximum atomic E-state index is 3.68. The van der Waals surface area contributed by atoms with E-state index >= 15 is 0 Å². The molecule has 1 aromatic heterocycles. The number of hydrogen-bond acceptors (Lipinski definition) is 1. The van der Waals surface area contributed by atoms with Gasteiger partial charge in [0.05, 0.1) is 0 Å². The molecule has 3 heteroatoms. The van der Waals surface area contributed by atoms with Gasteiger partial charge in [-0.05, 0) is 84.0 Å². The van der Waals surface area contributed by atoms with E-state index in [9.17, 15) is 0 Å². The van der Waals surface area contributed by atoms with Crippen molar-refractivity contribution < 1.29 is 4.57 Å². The lowest BCUT2D eigenvalue weighted by molar-refractivity contribution is -0.594. The third-order valence-corrected chi connectivity index (χ3v) is 6.37. The topological polar surface area (TPSA) is 20.8 Å². The van der Waals surface area contributed by atoms with E-state index in [-0.39, 0.29) is 0 Å². The minimum Gasteiger partial charge on any atom is -0.347 e. The van der Waals surface area contributed by atoms with Gasteiger partial charge in [0.15, 0.2) is 6.20 Å². The summed E-state index contributed by atoms with van der Waals surface area (Å²) in [5.41, 5.74) is 7.99. The third-order valence-electron chi connectivity index (χ3n) is 6.37. The summed E-state index contributed by atoms with van der Waals surface area (Å²) in [4.78, 5) is 0. The zero-order chi connectivity index (χ0) is 24.4. The van der Waals surface area contributed by atoms with Crippen molar-refractivity contribution in [2.45, 2.75) is 99.0 Å². The number of nitrogens with zero attached hydrogens (tertiary/aromatic N) is 2. The van der Waals surface area contributed by atoms with Crippen molar-refractivity contribution in [1.29, 1.82) is 0 Å². The first-order valence-electron chi connectivity index (χ1n) is 12.7. The zero-order valence-electron chi connectivity index (χ0n) is 22.4. The zero-order valence-corrected chi connectivity index (χ0v) is 22.4. The fourth-order valence-electron chi connectivity index (χ4n) is 4.10. The summed E-state index contributed by atoms with van der Waals surface area (Å²) in [6.07, 6.45) is 4.47. The second-order valence-corrected chi connectivity index (χ2v) is 11.0. The van der Waals surface area contributed by atoms with Gasteiger partial charge < -0.3 is 5.32 Å². The first kappa shape index (κ1) is 25.1. The molecule has 0 bridgehead atoms. The van der Waals surface area contributed by atoms with Gasteiger partial charge in [0.1, 0.15) is 11.4 Å². The average molecular weight is 447 g/mol. The number of rotatable bonds is 8. The van der Waals surface area contributed by atoms with Crippen molar-refractivity contribution in [3.63, 3.8) is 0 Å². The van der Waals surface area contributed by atoms with E-state index in [1.165, 1.54) is 33.6 Å². The van der Waals surface area contributed by atoms with Crippen LogP contribution in [0.25, 0.3) is 11.4 Å². The van der Waals surface area contributed by atoms with Crippen LogP contribution in [0, 0.1) is 0 Å². The van der Waals surface area contributed by atoms with Crippen molar-refractivity contribution in [1.82, 2.24) is 4.57 Å². The van der Waals surface area contributed by atoms with Crippen LogP contribution in [0.2, 0.25) is 0 Å². The van der Waals surface area contributed by atoms with E-state index < -0.39 is 0 Å². The molecule has 0 unspecified atom stereocenters. The van der Waals surface area contributed by atoms with Crippen LogP contribution in [-0.4, -0.2) is 10.6 Å². The summed E-state index contributed by atoms with van der Waals surface area (Å²) >= 11 is 0. The third kappa shape index (κ3) is 5.88. The van der Waals surface area contributed by atoms with Gasteiger partial charge in [0.2, 0.25) is 5.82 Å². The SMILES string of the molecule is CC(C)Nc1c[n+](-c2cc(C(C)C)cc(C(C)C)c2)cn1-c1cc(C(C)C)cc(C(C)C)c1. The second kappa shape index (κ2) is 10.2. The molecule has 0 fully saturated rings. The van der Waals surface area contributed by atoms with E-state index in [0.717, 1.165) is 5.82 Å². The quantitative estimate of drug-likeness (QED) is 0.347. The van der Waals surface area contributed by atoms with E-state index in [0.29, 0.717) is 29.7 Å². The smallest absolute Gasteiger partial charge is 0.255 e. The molecule has 33 heavy (non-hydrogen) atoms. The minimum absolute atomic E-state index is 0.346. The molecule has 0 saturated heterocycles. The Bertz CT molecular complexity index is 1030. The highest BCUT2D eigenvalue weighted by Crippen LogP contribution is 2.28. The van der Waals surface area contributed by atoms with Crippen molar-refractivity contribution in [2.24, 2.45) is 0 Å². The van der Waals surface area contributed by atoms with Gasteiger partial charge in [-0.15, -0.1) is 0 Å². The molecule has 0 radical (unpaired) electrons. The van der Waals surface area contributed by atoms with Gasteiger partial charge in [0.25, 0.3) is 6.33 Å². The normalized spacial score (nSPS) is 12.1. The first-order chi connectivity index (χ1) is 15.5. The maximum absolute atomic E-state index is 3.68. The minimum atomic E-state index is 0.346. The number of benzene rings is 2. The molecule has 0 aliphatic heterocycles. The maximum Gasteiger partial charge on any atom is 0.255 e. The Hall–Kier alpha value is -2.55. The lowest BCUT2D eigenvalue weighted by Gasteiger charge is -2.14. The Kier molecular flexibility index (Phi) is 7.72. The van der Waals surface area contributed by atoms with Crippen molar-refractivity contribution in [3.8, 4) is 11.4 Å². The second-order valence-electron chi connectivity index (χ2n) is 11.0. The van der Waals surface area contributed by atoms with Crippen LogP contribution in [-0.2, 0) is 0 Å². The van der Waals surface area contributed by atoms with Crippen LogP contribution in [0.3, 0.4) is 0 Å². The summed E-state index contributed by atoms with van der Waals surface area (Å²) in [6.45, 7) is 22.6. The van der Waals surface area contributed by atoms with Gasteiger partial charge in [0, 0.05) is 6.04 Å². The molecular formula is C30H44N3+. The number of aromatic nitrogens is 2. The monoisotopic (exact) mass is 446 g/mol. The lowest BCUT2D eigenvalue weighted by Crippen LogP contribution is -2.28. The fourth-order valence-corrected chi connectivity index (χ4v) is 4.10. The largest absolute Gasteiger partial charge is 0.347 e. The van der Waals surface area contributed by atoms with Gasteiger partial charge in [-0.3, -0.25) is 0 Å². The number of imidazole rings is 1. The highest BCUT2D eigenvalue weighted by molar-refractivity contribution is 5.49. The Morgan fingerprint density at radius 1 is 0.606 bits per heavy atom. The molecular weight excluding hydrogens is 402 g/mol. The Morgan fingerprint density at radius 2 is 1.03 bits per heavy atom. The first-order valence-corrected chi connectivity index (χ1v) is 12.7. The van der Waals surface area contributed by atoms with Crippen LogP contribution in [0.5, 0.6) is 0 Å². The van der Waals surface area contributed by atoms with Crippen molar-refractivity contribution >= 4 is 5.82 Å². The van der Waals surface area contributed by atoms with Crippen LogP contribution in [0.4, 0.5) is 5.82 Å². The highest BCUT2D eigenvalue weighted by Gasteiger charge is 2.21. The van der Waals surface area contributed by atoms with Crippen LogP contribution >= 0.6 is 0 Å². The molecule has 0 saturated carbocycles. The van der Waals surface area contributed by atoms with Crippen LogP contribution in [0.1, 0.15) is 115 Å². The van der Waals surface area contributed by atoms with Gasteiger partial charge in [-0.2, -0.15) is 9.13 Å². The van der Waals surface area contributed by atoms with Crippen molar-refractivity contribution in [3.05, 3.63) is 71.2 Å². The molecule has 0 atom stereocenters. The standard InChI is InChI=1S/C30H44N3/c1-19(2)24-11-25(20(3)4)14-28(13-24)32-17-30(31-23(9)10)33(18-32)29-15-26(21(5)6)12-27(16-29)22(7)8/h11-23,31H,1-10H3/q+1. The predicted molar refractivity (Wildman–Crippen MR) is 142 cm³/mol. The molecule has 3 rings (SSSR count). The molecule has 1 heterocycles. The molecule has 0 amide bonds. The number of hydrogen-bond donors (Lipinski definition) is 1. The molecule has 3 nitrogen and oxygen atoms in total. The predicted octanol–water partition coefficient (Wildman–Crippen LogP) is 8.07. The van der Waals surface area contributed by atoms with Gasteiger partial charge in [-0.1, -0.05) is 67.5 Å². The van der Waals surface area contributed by atoms with Crippen LogP contribution in [0.15, 0.2) is 48.9 Å². The fraction of sp³-hybridized carbons (Fsp3) is 0.500. The lowest BCUT2D eigenvalue weighted by atomic mass is 9.95. The van der Waals surface area contributed by atoms with Gasteiger partial charge in [-0.25, -0.2) is 0 Å². The Balaban J connectivity index is 2.22. The summed E-state index contributed by atoms with van der Waals surface area (Å²) in [6, 6.07) is 14.4. The summed E-state index contributed by atoms with van der Waals surface area (Å²) in [5, 5.41) is 3.68. The van der Waals surface area contributed by atoms with Crippen LogP contribution < -0.4 is 9.88 Å². The molecule has 178 valence electrons. The van der Waals surface area contributed by atoms with E-state index in [2.05, 4.69) is 133 Å². The van der Waals surface area contributed by atoms with Gasteiger partial charge >= 0.3 is 0 Å². The number of nitrogens with one attached hydrogen (secondary N) is 1.